The number of sulfonamides is 1. The van der Waals surface area contributed by atoms with Gasteiger partial charge in [0.15, 0.2) is 0 Å². The first-order valence-electron chi connectivity index (χ1n) is 10.2. The molecular weight excluding hydrogens is 493 g/mol. The molecule has 33 heavy (non-hydrogen) atoms. The average Bonchev–Trinajstić information content (AvgIpc) is 2.65. The number of amides is 2. The van der Waals surface area contributed by atoms with E-state index in [2.05, 4.69) is 15.4 Å². The van der Waals surface area contributed by atoms with E-state index >= 15 is 0 Å². The molecule has 2 amide bonds. The third-order valence-corrected chi connectivity index (χ3v) is 6.68. The Kier molecular flexibility index (Phi) is 10.2. The van der Waals surface area contributed by atoms with Crippen LogP contribution < -0.4 is 15.4 Å². The first kappa shape index (κ1) is 29.2. The molecule has 0 saturated heterocycles. The highest BCUT2D eigenvalue weighted by Crippen LogP contribution is 2.25. The van der Waals surface area contributed by atoms with Gasteiger partial charge in [-0.25, -0.2) is 8.42 Å². The monoisotopic (exact) mass is 523 g/mol. The van der Waals surface area contributed by atoms with E-state index in [1.54, 1.807) is 34.6 Å². The van der Waals surface area contributed by atoms with Crippen LogP contribution in [0.3, 0.4) is 0 Å². The van der Waals surface area contributed by atoms with Gasteiger partial charge in [-0.2, -0.15) is 4.72 Å². The van der Waals surface area contributed by atoms with Crippen molar-refractivity contribution in [3.05, 3.63) is 28.2 Å². The minimum atomic E-state index is -4.40. The Balaban J connectivity index is 3.38. The first-order valence-corrected chi connectivity index (χ1v) is 12.5. The van der Waals surface area contributed by atoms with Crippen molar-refractivity contribution in [2.24, 2.45) is 17.3 Å². The number of carboxylic acid groups (broad SMARTS) is 1. The molecule has 0 spiro atoms. The fourth-order valence-corrected chi connectivity index (χ4v) is 5.15. The highest BCUT2D eigenvalue weighted by molar-refractivity contribution is 7.89. The molecule has 0 bridgehead atoms. The molecule has 0 aliphatic rings. The molecule has 9 nitrogen and oxygen atoms in total. The largest absolute Gasteiger partial charge is 0.480 e. The number of likely N-dealkylation sites (N-methyl/N-ethyl adjacent to an activating group) is 1. The summed E-state index contributed by atoms with van der Waals surface area (Å²) in [6.07, 6.45) is 0.0478. The lowest BCUT2D eigenvalue weighted by Crippen LogP contribution is -2.58. The van der Waals surface area contributed by atoms with Gasteiger partial charge < -0.3 is 15.7 Å². The van der Waals surface area contributed by atoms with Crippen molar-refractivity contribution in [3.63, 3.8) is 0 Å². The molecule has 0 aliphatic heterocycles. The number of carboxylic acids is 1. The predicted molar refractivity (Wildman–Crippen MR) is 127 cm³/mol. The zero-order chi connectivity index (χ0) is 25.7. The highest BCUT2D eigenvalue weighted by Gasteiger charge is 2.40. The third-order valence-electron chi connectivity index (χ3n) is 4.82. The number of nitrogens with one attached hydrogen (secondary N) is 3. The van der Waals surface area contributed by atoms with E-state index in [0.717, 1.165) is 12.1 Å². The van der Waals surface area contributed by atoms with Crippen LogP contribution in [0.5, 0.6) is 0 Å². The van der Waals surface area contributed by atoms with Crippen LogP contribution in [0.1, 0.15) is 41.0 Å². The number of benzene rings is 1. The molecule has 0 saturated carbocycles. The van der Waals surface area contributed by atoms with Crippen LogP contribution in [-0.4, -0.2) is 50.4 Å². The van der Waals surface area contributed by atoms with Crippen LogP contribution in [0, 0.1) is 17.3 Å². The summed E-state index contributed by atoms with van der Waals surface area (Å²) < 4.78 is 27.9. The molecule has 0 aromatic heterocycles. The molecular formula is C21H31Cl2N3O6S. The fourth-order valence-electron chi connectivity index (χ4n) is 3.19. The molecule has 0 heterocycles. The highest BCUT2D eigenvalue weighted by atomic mass is 35.5. The molecule has 12 heteroatoms. The number of hydrogen-bond acceptors (Lipinski definition) is 5. The third kappa shape index (κ3) is 8.44. The van der Waals surface area contributed by atoms with Crippen LogP contribution in [0.25, 0.3) is 0 Å². The van der Waals surface area contributed by atoms with E-state index in [1.807, 2.05) is 0 Å². The van der Waals surface area contributed by atoms with Crippen LogP contribution in [0.4, 0.5) is 0 Å². The smallest absolute Gasteiger partial charge is 0.322 e. The molecule has 0 unspecified atom stereocenters. The Morgan fingerprint density at radius 1 is 1.03 bits per heavy atom. The molecule has 4 N–H and O–H groups in total. The van der Waals surface area contributed by atoms with Gasteiger partial charge in [-0.3, -0.25) is 14.4 Å². The number of aliphatic carboxylic acids is 1. The van der Waals surface area contributed by atoms with Gasteiger partial charge in [-0.1, -0.05) is 57.8 Å². The molecule has 0 aliphatic carbocycles. The van der Waals surface area contributed by atoms with Gasteiger partial charge in [0.25, 0.3) is 0 Å². The maximum Gasteiger partial charge on any atom is 0.322 e. The summed E-state index contributed by atoms with van der Waals surface area (Å²) >= 11 is 11.8. The van der Waals surface area contributed by atoms with Crippen LogP contribution in [0.15, 0.2) is 23.1 Å². The summed E-state index contributed by atoms with van der Waals surface area (Å²) in [4.78, 5) is 37.3. The van der Waals surface area contributed by atoms with E-state index in [-0.39, 0.29) is 27.3 Å². The van der Waals surface area contributed by atoms with Crippen molar-refractivity contribution in [3.8, 4) is 0 Å². The zero-order valence-corrected chi connectivity index (χ0v) is 21.7. The standard InChI is InChI=1S/C21H31Cl2N3O6S/c1-11(2)7-15(18(27)25-17(19(28)24-6)21(3,4)5)16(20(29)30)26-33(31,32)14-9-12(22)8-13(23)10-14/h8-11,15-17,26H,7H2,1-6H3,(H,24,28)(H,25,27)(H,29,30)/t15-,16+,17-/m1/s1. The molecule has 1 aromatic carbocycles. The topological polar surface area (TPSA) is 142 Å². The lowest BCUT2D eigenvalue weighted by Gasteiger charge is -2.33. The maximum atomic E-state index is 13.2. The Labute approximate surface area is 204 Å². The zero-order valence-electron chi connectivity index (χ0n) is 19.4. The average molecular weight is 524 g/mol. The fraction of sp³-hybridized carbons (Fsp3) is 0.571. The number of halogens is 2. The quantitative estimate of drug-likeness (QED) is 0.371. The molecule has 1 aromatic rings. The van der Waals surface area contributed by atoms with E-state index in [1.165, 1.54) is 13.1 Å². The number of carbonyl (C=O) groups is 3. The van der Waals surface area contributed by atoms with E-state index in [4.69, 9.17) is 23.2 Å². The molecule has 1 rings (SSSR count). The minimum absolute atomic E-state index is 0.0461. The van der Waals surface area contributed by atoms with Gasteiger partial charge in [0, 0.05) is 17.1 Å². The predicted octanol–water partition coefficient (Wildman–Crippen LogP) is 2.66. The Bertz CT molecular complexity index is 972. The van der Waals surface area contributed by atoms with Crippen molar-refractivity contribution < 1.29 is 27.9 Å². The summed E-state index contributed by atoms with van der Waals surface area (Å²) in [7, 11) is -2.98. The normalized spacial score (nSPS) is 14.9. The van der Waals surface area contributed by atoms with Crippen LogP contribution in [-0.2, 0) is 24.4 Å². The van der Waals surface area contributed by atoms with Crippen molar-refractivity contribution >= 4 is 51.0 Å². The van der Waals surface area contributed by atoms with E-state index in [9.17, 15) is 27.9 Å². The lowest BCUT2D eigenvalue weighted by atomic mass is 9.84. The van der Waals surface area contributed by atoms with Crippen molar-refractivity contribution in [2.45, 2.75) is 58.0 Å². The van der Waals surface area contributed by atoms with Crippen molar-refractivity contribution in [2.75, 3.05) is 7.05 Å². The van der Waals surface area contributed by atoms with Crippen LogP contribution in [0.2, 0.25) is 10.0 Å². The first-order chi connectivity index (χ1) is 15.0. The lowest BCUT2D eigenvalue weighted by molar-refractivity contribution is -0.144. The summed E-state index contributed by atoms with van der Waals surface area (Å²) in [5.74, 6) is -4.21. The van der Waals surface area contributed by atoms with Crippen molar-refractivity contribution in [1.82, 2.24) is 15.4 Å². The summed E-state index contributed by atoms with van der Waals surface area (Å²) in [5, 5.41) is 15.0. The summed E-state index contributed by atoms with van der Waals surface area (Å²) in [6.45, 7) is 8.76. The number of hydrogen-bond donors (Lipinski definition) is 4. The second kappa shape index (κ2) is 11.5. The minimum Gasteiger partial charge on any atom is -0.480 e. The van der Waals surface area contributed by atoms with Gasteiger partial charge in [-0.15, -0.1) is 0 Å². The summed E-state index contributed by atoms with van der Waals surface area (Å²) in [5.41, 5.74) is -0.687. The maximum absolute atomic E-state index is 13.2. The van der Waals surface area contributed by atoms with Gasteiger partial charge in [0.2, 0.25) is 21.8 Å². The number of carbonyl (C=O) groups excluding carboxylic acids is 2. The van der Waals surface area contributed by atoms with Crippen molar-refractivity contribution in [1.29, 1.82) is 0 Å². The Morgan fingerprint density at radius 3 is 1.94 bits per heavy atom. The van der Waals surface area contributed by atoms with E-state index in [0.29, 0.717) is 0 Å². The van der Waals surface area contributed by atoms with Gasteiger partial charge in [0.1, 0.15) is 12.1 Å². The number of rotatable bonds is 10. The second-order valence-electron chi connectivity index (χ2n) is 9.20. The molecule has 3 atom stereocenters. The Hall–Kier alpha value is -1.88. The Morgan fingerprint density at radius 2 is 1.55 bits per heavy atom. The molecule has 186 valence electrons. The van der Waals surface area contributed by atoms with Gasteiger partial charge >= 0.3 is 5.97 Å². The van der Waals surface area contributed by atoms with Gasteiger partial charge in [0.05, 0.1) is 10.8 Å². The van der Waals surface area contributed by atoms with E-state index < -0.39 is 51.2 Å². The second-order valence-corrected chi connectivity index (χ2v) is 11.8. The molecule has 0 radical (unpaired) electrons. The molecule has 0 fully saturated rings. The summed E-state index contributed by atoms with van der Waals surface area (Å²) in [6, 6.07) is 0.792. The SMILES string of the molecule is CNC(=O)[C@@H](NC(=O)[C@H](CC(C)C)[C@H](NS(=O)(=O)c1cc(Cl)cc(Cl)c1)C(=O)O)C(C)(C)C. The van der Waals surface area contributed by atoms with Crippen LogP contribution >= 0.6 is 23.2 Å². The van der Waals surface area contributed by atoms with Gasteiger partial charge in [-0.05, 0) is 36.0 Å².